The Morgan fingerprint density at radius 3 is 2.33 bits per heavy atom. The van der Waals surface area contributed by atoms with E-state index < -0.39 is 21.7 Å². The van der Waals surface area contributed by atoms with Crippen molar-refractivity contribution < 1.29 is 13.9 Å². The number of rotatable bonds is 3. The van der Waals surface area contributed by atoms with Gasteiger partial charge in [0, 0.05) is 18.7 Å². The van der Waals surface area contributed by atoms with Gasteiger partial charge in [0.1, 0.15) is 12.0 Å². The van der Waals surface area contributed by atoms with Crippen LogP contribution >= 0.6 is 34.8 Å². The second-order valence-corrected chi connectivity index (χ2v) is 6.94. The van der Waals surface area contributed by atoms with Gasteiger partial charge in [-0.1, -0.05) is 34.8 Å². The summed E-state index contributed by atoms with van der Waals surface area (Å²) in [5, 5.41) is 2.68. The Labute approximate surface area is 137 Å². The second-order valence-electron chi connectivity index (χ2n) is 4.57. The fraction of sp³-hybridized carbons (Fsp3) is 0.462. The molecule has 1 N–H and O–H groups in total. The van der Waals surface area contributed by atoms with Gasteiger partial charge in [-0.2, -0.15) is 0 Å². The Hall–Kier alpha value is -0.590. The van der Waals surface area contributed by atoms with Crippen LogP contribution in [0.5, 0.6) is 0 Å². The Balaban J connectivity index is 2.10. The van der Waals surface area contributed by atoms with Crippen LogP contribution in [0.15, 0.2) is 24.3 Å². The van der Waals surface area contributed by atoms with Crippen LogP contribution in [-0.2, 0) is 4.74 Å². The van der Waals surface area contributed by atoms with Gasteiger partial charge in [-0.3, -0.25) is 9.69 Å². The molecule has 116 valence electrons. The molecular formula is C13H14Cl3FN2O2. The van der Waals surface area contributed by atoms with Gasteiger partial charge in [-0.25, -0.2) is 4.39 Å². The highest BCUT2D eigenvalue weighted by Crippen LogP contribution is 2.32. The van der Waals surface area contributed by atoms with E-state index in [4.69, 9.17) is 39.5 Å². The zero-order chi connectivity index (χ0) is 15.5. The highest BCUT2D eigenvalue weighted by Gasteiger charge is 2.39. The number of hydrogen-bond acceptors (Lipinski definition) is 3. The Bertz CT molecular complexity index is 487. The highest BCUT2D eigenvalue weighted by atomic mass is 35.6. The minimum atomic E-state index is -1.69. The lowest BCUT2D eigenvalue weighted by Crippen LogP contribution is -2.58. The predicted octanol–water partition coefficient (Wildman–Crippen LogP) is 2.58. The molecule has 0 saturated carbocycles. The minimum absolute atomic E-state index is 0.295. The van der Waals surface area contributed by atoms with Crippen molar-refractivity contribution in [2.45, 2.75) is 9.96 Å². The van der Waals surface area contributed by atoms with Crippen LogP contribution in [0.3, 0.4) is 0 Å². The van der Waals surface area contributed by atoms with E-state index in [9.17, 15) is 9.18 Å². The molecule has 2 rings (SSSR count). The quantitative estimate of drug-likeness (QED) is 0.848. The van der Waals surface area contributed by atoms with Crippen LogP contribution in [-0.4, -0.2) is 47.1 Å². The fourth-order valence-electron chi connectivity index (χ4n) is 2.02. The summed E-state index contributed by atoms with van der Waals surface area (Å²) < 4.78 is 16.4. The van der Waals surface area contributed by atoms with Crippen molar-refractivity contribution >= 4 is 40.7 Å². The van der Waals surface area contributed by atoms with E-state index in [2.05, 4.69) is 5.32 Å². The first-order valence-electron chi connectivity index (χ1n) is 6.33. The van der Waals surface area contributed by atoms with Crippen molar-refractivity contribution in [1.82, 2.24) is 10.2 Å². The van der Waals surface area contributed by atoms with Gasteiger partial charge in [0.05, 0.1) is 13.2 Å². The predicted molar refractivity (Wildman–Crippen MR) is 80.3 cm³/mol. The number of carbonyl (C=O) groups excluding carboxylic acids is 1. The molecule has 0 aliphatic carbocycles. The number of nitrogens with one attached hydrogen (secondary N) is 1. The van der Waals surface area contributed by atoms with Crippen LogP contribution in [0.25, 0.3) is 0 Å². The van der Waals surface area contributed by atoms with E-state index in [1.54, 1.807) is 0 Å². The van der Waals surface area contributed by atoms with Gasteiger partial charge in [0.2, 0.25) is 3.79 Å². The van der Waals surface area contributed by atoms with Crippen LogP contribution in [0, 0.1) is 5.82 Å². The second kappa shape index (κ2) is 7.11. The topological polar surface area (TPSA) is 41.6 Å². The maximum atomic E-state index is 12.9. The molecule has 1 atom stereocenters. The molecule has 0 aromatic heterocycles. The van der Waals surface area contributed by atoms with Crippen molar-refractivity contribution in [3.63, 3.8) is 0 Å². The Morgan fingerprint density at radius 1 is 1.24 bits per heavy atom. The summed E-state index contributed by atoms with van der Waals surface area (Å²) in [5.74, 6) is -0.851. The summed E-state index contributed by atoms with van der Waals surface area (Å²) >= 11 is 17.9. The minimum Gasteiger partial charge on any atom is -0.379 e. The molecule has 1 aromatic rings. The number of hydrogen-bond donors (Lipinski definition) is 1. The first-order chi connectivity index (χ1) is 9.88. The van der Waals surface area contributed by atoms with E-state index in [0.717, 1.165) is 0 Å². The fourth-order valence-corrected chi connectivity index (χ4v) is 2.60. The average Bonchev–Trinajstić information content (AvgIpc) is 2.45. The third kappa shape index (κ3) is 4.69. The molecule has 1 saturated heterocycles. The summed E-state index contributed by atoms with van der Waals surface area (Å²) in [6.07, 6.45) is -0.788. The van der Waals surface area contributed by atoms with Crippen molar-refractivity contribution in [3.8, 4) is 0 Å². The number of halogens is 4. The molecule has 0 spiro atoms. The van der Waals surface area contributed by atoms with E-state index >= 15 is 0 Å². The molecule has 1 aliphatic rings. The Morgan fingerprint density at radius 2 is 1.81 bits per heavy atom. The van der Waals surface area contributed by atoms with Gasteiger partial charge in [-0.15, -0.1) is 0 Å². The zero-order valence-corrected chi connectivity index (χ0v) is 13.3. The molecule has 0 bridgehead atoms. The van der Waals surface area contributed by atoms with E-state index in [0.29, 0.717) is 31.9 Å². The third-order valence-corrected chi connectivity index (χ3v) is 3.72. The van der Waals surface area contributed by atoms with E-state index in [1.807, 2.05) is 4.90 Å². The van der Waals surface area contributed by atoms with Crippen molar-refractivity contribution in [1.29, 1.82) is 0 Å². The summed E-state index contributed by atoms with van der Waals surface area (Å²) in [5.41, 5.74) is 0.295. The number of benzene rings is 1. The molecule has 1 amide bonds. The number of ether oxygens (including phenoxy) is 1. The smallest absolute Gasteiger partial charge is 0.252 e. The molecule has 1 aliphatic heterocycles. The van der Waals surface area contributed by atoms with Gasteiger partial charge in [0.15, 0.2) is 0 Å². The standard InChI is InChI=1S/C13H14Cl3FN2O2/c14-13(15,16)12(19-5-7-21-8-6-19)18-11(20)9-1-3-10(17)4-2-9/h1-4,12H,5-8H2,(H,18,20)/t12-/m0/s1. The summed E-state index contributed by atoms with van der Waals surface area (Å²) in [6, 6.07) is 5.15. The van der Waals surface area contributed by atoms with Crippen molar-refractivity contribution in [2.75, 3.05) is 26.3 Å². The molecule has 4 nitrogen and oxygen atoms in total. The average molecular weight is 356 g/mol. The summed E-state index contributed by atoms with van der Waals surface area (Å²) in [4.78, 5) is 14.0. The number of carbonyl (C=O) groups is 1. The van der Waals surface area contributed by atoms with E-state index in [-0.39, 0.29) is 0 Å². The van der Waals surface area contributed by atoms with Crippen LogP contribution < -0.4 is 5.32 Å². The van der Waals surface area contributed by atoms with Gasteiger partial charge < -0.3 is 10.1 Å². The SMILES string of the molecule is O=C(N[C@@H](N1CCOCC1)C(Cl)(Cl)Cl)c1ccc(F)cc1. The molecule has 1 fully saturated rings. The molecule has 1 aromatic carbocycles. The van der Waals surface area contributed by atoms with Crippen LogP contribution in [0.1, 0.15) is 10.4 Å². The molecule has 8 heteroatoms. The van der Waals surface area contributed by atoms with Crippen molar-refractivity contribution in [3.05, 3.63) is 35.6 Å². The summed E-state index contributed by atoms with van der Waals surface area (Å²) in [6.45, 7) is 2.10. The molecule has 1 heterocycles. The largest absolute Gasteiger partial charge is 0.379 e. The van der Waals surface area contributed by atoms with Gasteiger partial charge in [-0.05, 0) is 24.3 Å². The molecule has 21 heavy (non-hydrogen) atoms. The van der Waals surface area contributed by atoms with Gasteiger partial charge in [0.25, 0.3) is 5.91 Å². The molecule has 0 unspecified atom stereocenters. The molecule has 0 radical (unpaired) electrons. The third-order valence-electron chi connectivity index (χ3n) is 3.10. The van der Waals surface area contributed by atoms with Crippen molar-refractivity contribution in [2.24, 2.45) is 0 Å². The first kappa shape index (κ1) is 16.8. The zero-order valence-electron chi connectivity index (χ0n) is 11.0. The number of nitrogens with zero attached hydrogens (tertiary/aromatic N) is 1. The highest BCUT2D eigenvalue weighted by molar-refractivity contribution is 6.68. The normalized spacial score (nSPS) is 18.3. The number of morpholine rings is 1. The number of amides is 1. The van der Waals surface area contributed by atoms with E-state index in [1.165, 1.54) is 24.3 Å². The van der Waals surface area contributed by atoms with Crippen LogP contribution in [0.4, 0.5) is 4.39 Å². The lowest BCUT2D eigenvalue weighted by Gasteiger charge is -2.38. The van der Waals surface area contributed by atoms with Gasteiger partial charge >= 0.3 is 0 Å². The number of alkyl halides is 3. The maximum Gasteiger partial charge on any atom is 0.252 e. The molecular weight excluding hydrogens is 342 g/mol. The maximum absolute atomic E-state index is 12.9. The lowest BCUT2D eigenvalue weighted by atomic mass is 10.2. The summed E-state index contributed by atoms with van der Waals surface area (Å²) in [7, 11) is 0. The lowest BCUT2D eigenvalue weighted by molar-refractivity contribution is 0.00996. The monoisotopic (exact) mass is 354 g/mol. The first-order valence-corrected chi connectivity index (χ1v) is 7.46. The Kier molecular flexibility index (Phi) is 5.68. The van der Waals surface area contributed by atoms with Crippen LogP contribution in [0.2, 0.25) is 0 Å².